The first-order valence-electron chi connectivity index (χ1n) is 1.97. The van der Waals surface area contributed by atoms with Gasteiger partial charge in [-0.2, -0.15) is 0 Å². The van der Waals surface area contributed by atoms with Crippen LogP contribution >= 0.6 is 0 Å². The Labute approximate surface area is 49.1 Å². The molecule has 0 aromatic rings. The van der Waals surface area contributed by atoms with Crippen molar-refractivity contribution in [3.05, 3.63) is 10.4 Å². The van der Waals surface area contributed by atoms with Crippen molar-refractivity contribution >= 4 is 15.2 Å². The quantitative estimate of drug-likeness (QED) is 0.258. The molecule has 0 spiro atoms. The Kier molecular flexibility index (Phi) is 3.90. The zero-order valence-electron chi connectivity index (χ0n) is 4.33. The van der Waals surface area contributed by atoms with Crippen LogP contribution in [0.2, 0.25) is 4.82 Å². The third-order valence-corrected chi connectivity index (χ3v) is 1.53. The molecule has 0 saturated heterocycles. The molecule has 0 aliphatic rings. The van der Waals surface area contributed by atoms with Crippen LogP contribution in [0.1, 0.15) is 13.8 Å². The fourth-order valence-corrected chi connectivity index (χ4v) is 0.599. The average molecular weight is 164 g/mol. The van der Waals surface area contributed by atoms with Crippen molar-refractivity contribution in [2.75, 3.05) is 0 Å². The maximum atomic E-state index is 7.79. The van der Waals surface area contributed by atoms with E-state index < -0.39 is 0 Å². The van der Waals surface area contributed by atoms with Crippen LogP contribution in [-0.2, 0) is 0 Å². The predicted octanol–water partition coefficient (Wildman–Crippen LogP) is 1.74. The molecule has 4 heteroatoms. The molecule has 0 bridgehead atoms. The minimum absolute atomic E-state index is 0.134. The molecule has 0 N–H and O–H groups in total. The molecule has 0 amide bonds. The van der Waals surface area contributed by atoms with Gasteiger partial charge in [0.15, 0.2) is 0 Å². The van der Waals surface area contributed by atoms with Gasteiger partial charge in [0.05, 0.1) is 0 Å². The molecule has 3 nitrogen and oxygen atoms in total. The van der Waals surface area contributed by atoms with Gasteiger partial charge in [-0.25, -0.2) is 0 Å². The minimum atomic E-state index is 0.134. The van der Waals surface area contributed by atoms with Gasteiger partial charge in [0.1, 0.15) is 0 Å². The summed E-state index contributed by atoms with van der Waals surface area (Å²) >= 11 is 0.134. The second-order valence-corrected chi connectivity index (χ2v) is 4.09. The molecule has 7 heavy (non-hydrogen) atoms. The molecular weight excluding hydrogens is 157 g/mol. The number of hydrogen-bond acceptors (Lipinski definition) is 1. The van der Waals surface area contributed by atoms with Crippen molar-refractivity contribution in [3.8, 4) is 0 Å². The van der Waals surface area contributed by atoms with Crippen LogP contribution in [-0.4, -0.2) is 15.2 Å². The Morgan fingerprint density at radius 2 is 2.29 bits per heavy atom. The fraction of sp³-hybridized carbons (Fsp3) is 1.00. The van der Waals surface area contributed by atoms with Crippen LogP contribution in [0.3, 0.4) is 0 Å². The summed E-state index contributed by atoms with van der Waals surface area (Å²) in [5, 5.41) is 0. The van der Waals surface area contributed by atoms with Crippen molar-refractivity contribution in [2.24, 2.45) is 4.13 Å². The van der Waals surface area contributed by atoms with Crippen molar-refractivity contribution in [3.63, 3.8) is 0 Å². The molecule has 0 saturated carbocycles. The van der Waals surface area contributed by atoms with Crippen LogP contribution in [0, 0.1) is 0 Å². The zero-order chi connectivity index (χ0) is 5.70. The van der Waals surface area contributed by atoms with E-state index in [2.05, 4.69) is 9.04 Å². The monoisotopic (exact) mass is 165 g/mol. The van der Waals surface area contributed by atoms with Crippen LogP contribution in [0.5, 0.6) is 0 Å². The molecule has 0 aromatic heterocycles. The van der Waals surface area contributed by atoms with Crippen molar-refractivity contribution < 1.29 is 0 Å². The van der Waals surface area contributed by atoms with Gasteiger partial charge < -0.3 is 0 Å². The predicted molar refractivity (Wildman–Crippen MR) is 30.0 cm³/mol. The standard InChI is InChI=1S/C3H7N3Se/c1-3(2)7-6-5-4/h3H,1-2H3. The first kappa shape index (κ1) is 6.83. The van der Waals surface area contributed by atoms with E-state index in [0.717, 1.165) is 0 Å². The molecule has 40 valence electrons. The molecule has 0 rings (SSSR count). The molecular formula is C3H7N3Se. The Bertz CT molecular complexity index is 84.2. The van der Waals surface area contributed by atoms with Crippen LogP contribution in [0.4, 0.5) is 0 Å². The van der Waals surface area contributed by atoms with Gasteiger partial charge in [0.25, 0.3) is 0 Å². The summed E-state index contributed by atoms with van der Waals surface area (Å²) in [6, 6.07) is 0. The third kappa shape index (κ3) is 5.83. The summed E-state index contributed by atoms with van der Waals surface area (Å²) in [6.45, 7) is 4.07. The van der Waals surface area contributed by atoms with E-state index in [0.29, 0.717) is 4.82 Å². The molecule has 0 aromatic carbocycles. The molecule has 0 unspecified atom stereocenters. The topological polar surface area (TPSA) is 48.8 Å². The van der Waals surface area contributed by atoms with Gasteiger partial charge in [-0.05, 0) is 0 Å². The second kappa shape index (κ2) is 4.00. The summed E-state index contributed by atoms with van der Waals surface area (Å²) in [4.78, 5) is 3.17. The fourth-order valence-electron chi connectivity index (χ4n) is 0.115. The van der Waals surface area contributed by atoms with Gasteiger partial charge >= 0.3 is 48.4 Å². The summed E-state index contributed by atoms with van der Waals surface area (Å²) in [6.07, 6.45) is 0. The summed E-state index contributed by atoms with van der Waals surface area (Å²) < 4.78 is 3.41. The number of nitrogens with zero attached hydrogens (tertiary/aromatic N) is 3. The number of hydrogen-bond donors (Lipinski definition) is 0. The normalized spacial score (nSPS) is 8.43. The van der Waals surface area contributed by atoms with Crippen molar-refractivity contribution in [1.82, 2.24) is 0 Å². The maximum absolute atomic E-state index is 7.79. The van der Waals surface area contributed by atoms with E-state index in [9.17, 15) is 0 Å². The van der Waals surface area contributed by atoms with Crippen LogP contribution in [0.25, 0.3) is 10.4 Å². The third-order valence-electron chi connectivity index (χ3n) is 0.294. The zero-order valence-corrected chi connectivity index (χ0v) is 6.04. The SMILES string of the molecule is CC(C)[Se]N=[N+]=[N-]. The molecule has 0 fully saturated rings. The van der Waals surface area contributed by atoms with E-state index in [1.807, 2.05) is 13.8 Å². The Morgan fingerprint density at radius 1 is 1.71 bits per heavy atom. The van der Waals surface area contributed by atoms with Gasteiger partial charge in [-0.3, -0.25) is 0 Å². The first-order valence-corrected chi connectivity index (χ1v) is 3.73. The van der Waals surface area contributed by atoms with Crippen LogP contribution in [0.15, 0.2) is 4.13 Å². The number of azide groups is 1. The summed E-state index contributed by atoms with van der Waals surface area (Å²) in [7, 11) is 0. The average Bonchev–Trinajstić information content (AvgIpc) is 1.61. The molecule has 0 aliphatic carbocycles. The molecule has 0 radical (unpaired) electrons. The summed E-state index contributed by atoms with van der Waals surface area (Å²) in [5.41, 5.74) is 7.79. The van der Waals surface area contributed by atoms with E-state index in [4.69, 9.17) is 5.53 Å². The van der Waals surface area contributed by atoms with Crippen molar-refractivity contribution in [2.45, 2.75) is 18.7 Å². The van der Waals surface area contributed by atoms with E-state index in [1.54, 1.807) is 0 Å². The summed E-state index contributed by atoms with van der Waals surface area (Å²) in [5.74, 6) is 0. The molecule has 0 aliphatic heterocycles. The van der Waals surface area contributed by atoms with Crippen molar-refractivity contribution in [1.29, 1.82) is 0 Å². The van der Waals surface area contributed by atoms with Crippen LogP contribution < -0.4 is 0 Å². The van der Waals surface area contributed by atoms with Gasteiger partial charge in [-0.1, -0.05) is 0 Å². The number of rotatable bonds is 2. The van der Waals surface area contributed by atoms with Gasteiger partial charge in [0.2, 0.25) is 0 Å². The van der Waals surface area contributed by atoms with Gasteiger partial charge in [-0.15, -0.1) is 0 Å². The molecule has 0 heterocycles. The van der Waals surface area contributed by atoms with E-state index in [1.165, 1.54) is 0 Å². The first-order chi connectivity index (χ1) is 3.27. The Morgan fingerprint density at radius 3 is 2.43 bits per heavy atom. The second-order valence-electron chi connectivity index (χ2n) is 1.33. The Hall–Kier alpha value is -0.171. The van der Waals surface area contributed by atoms with Gasteiger partial charge in [0, 0.05) is 0 Å². The Balaban J connectivity index is 3.13. The van der Waals surface area contributed by atoms with E-state index >= 15 is 0 Å². The molecule has 0 atom stereocenters. The van der Waals surface area contributed by atoms with E-state index in [-0.39, 0.29) is 15.2 Å².